The van der Waals surface area contributed by atoms with Crippen molar-refractivity contribution in [3.8, 4) is 5.75 Å². The van der Waals surface area contributed by atoms with Crippen molar-refractivity contribution in [2.24, 2.45) is 0 Å². The van der Waals surface area contributed by atoms with Crippen molar-refractivity contribution in [1.29, 1.82) is 0 Å². The lowest BCUT2D eigenvalue weighted by atomic mass is 10.0. The van der Waals surface area contributed by atoms with Crippen LogP contribution in [0.4, 0.5) is 0 Å². The molecule has 0 saturated carbocycles. The van der Waals surface area contributed by atoms with Crippen LogP contribution in [0.25, 0.3) is 11.0 Å². The van der Waals surface area contributed by atoms with E-state index in [9.17, 15) is 9.90 Å². The van der Waals surface area contributed by atoms with E-state index in [0.29, 0.717) is 17.8 Å². The third-order valence-corrected chi connectivity index (χ3v) is 4.50. The maximum Gasteiger partial charge on any atom is 0.372 e. The molecule has 2 N–H and O–H groups in total. The number of aromatic nitrogens is 1. The minimum Gasteiger partial charge on any atom is -0.492 e. The number of ether oxygens (including phenoxy) is 1. The molecule has 6 nitrogen and oxygen atoms in total. The average Bonchev–Trinajstić information content (AvgIpc) is 3.02. The fraction of sp³-hybridized carbons (Fsp3) is 0.333. The third-order valence-electron chi connectivity index (χ3n) is 4.50. The second kappa shape index (κ2) is 8.68. The lowest BCUT2D eigenvalue weighted by molar-refractivity contribution is 0.0664. The van der Waals surface area contributed by atoms with Crippen molar-refractivity contribution in [2.75, 3.05) is 13.2 Å². The molecule has 0 bridgehead atoms. The molecule has 3 rings (SSSR count). The smallest absolute Gasteiger partial charge is 0.372 e. The van der Waals surface area contributed by atoms with Crippen LogP contribution in [-0.2, 0) is 13.0 Å². The van der Waals surface area contributed by atoms with Crippen LogP contribution in [0, 0.1) is 6.92 Å². The molecule has 2 aromatic heterocycles. The summed E-state index contributed by atoms with van der Waals surface area (Å²) >= 11 is 0. The van der Waals surface area contributed by atoms with Crippen molar-refractivity contribution < 1.29 is 19.1 Å². The molecule has 0 saturated heterocycles. The number of nitrogens with zero attached hydrogens (tertiary/aromatic N) is 1. The molecule has 0 aliphatic rings. The number of nitrogens with one attached hydrogen (secondary N) is 1. The Labute approximate surface area is 158 Å². The molecule has 0 aliphatic carbocycles. The van der Waals surface area contributed by atoms with Gasteiger partial charge in [-0.25, -0.2) is 4.79 Å². The summed E-state index contributed by atoms with van der Waals surface area (Å²) in [5.41, 5.74) is 3.35. The maximum atomic E-state index is 11.4. The molecular weight excluding hydrogens is 344 g/mol. The summed E-state index contributed by atoms with van der Waals surface area (Å²) in [5.74, 6) is -0.357. The van der Waals surface area contributed by atoms with Crippen molar-refractivity contribution in [2.45, 2.75) is 33.2 Å². The van der Waals surface area contributed by atoms with Gasteiger partial charge in [-0.3, -0.25) is 4.98 Å². The first kappa shape index (κ1) is 18.9. The summed E-state index contributed by atoms with van der Waals surface area (Å²) in [5, 5.41) is 13.4. The number of carboxylic acid groups (broad SMARTS) is 1. The Balaban J connectivity index is 1.64. The summed E-state index contributed by atoms with van der Waals surface area (Å²) in [6.07, 6.45) is 5.25. The average molecular weight is 368 g/mol. The van der Waals surface area contributed by atoms with E-state index in [-0.39, 0.29) is 5.76 Å². The van der Waals surface area contributed by atoms with E-state index >= 15 is 0 Å². The molecular formula is C21H24N2O4. The van der Waals surface area contributed by atoms with E-state index < -0.39 is 5.97 Å². The molecule has 0 unspecified atom stereocenters. The Kier molecular flexibility index (Phi) is 6.08. The number of hydrogen-bond acceptors (Lipinski definition) is 5. The highest BCUT2D eigenvalue weighted by molar-refractivity contribution is 5.98. The largest absolute Gasteiger partial charge is 0.492 e. The number of pyridine rings is 1. The zero-order valence-corrected chi connectivity index (χ0v) is 15.6. The number of aromatic carboxylic acids is 1. The van der Waals surface area contributed by atoms with Crippen LogP contribution in [0.1, 0.15) is 40.6 Å². The highest BCUT2D eigenvalue weighted by Crippen LogP contribution is 2.36. The maximum absolute atomic E-state index is 11.4. The molecule has 0 aliphatic heterocycles. The molecule has 0 amide bonds. The van der Waals surface area contributed by atoms with Crippen LogP contribution in [0.3, 0.4) is 0 Å². The van der Waals surface area contributed by atoms with Gasteiger partial charge in [0.25, 0.3) is 0 Å². The Morgan fingerprint density at radius 2 is 2.19 bits per heavy atom. The van der Waals surface area contributed by atoms with Gasteiger partial charge in [0, 0.05) is 24.5 Å². The third kappa shape index (κ3) is 4.28. The number of carbonyl (C=O) groups is 1. The number of carboxylic acids is 1. The first-order chi connectivity index (χ1) is 13.1. The SMILES string of the molecule is CCc1ccc2oc(C(=O)O)c(C)c2c1OCCCNCc1cccnc1. The number of hydrogen-bond donors (Lipinski definition) is 2. The Morgan fingerprint density at radius 3 is 2.89 bits per heavy atom. The summed E-state index contributed by atoms with van der Waals surface area (Å²) in [6, 6.07) is 7.71. The van der Waals surface area contributed by atoms with Gasteiger partial charge < -0.3 is 19.6 Å². The highest BCUT2D eigenvalue weighted by atomic mass is 16.5. The van der Waals surface area contributed by atoms with Crippen molar-refractivity contribution in [3.63, 3.8) is 0 Å². The van der Waals surface area contributed by atoms with Crippen LogP contribution in [0.5, 0.6) is 5.75 Å². The fourth-order valence-electron chi connectivity index (χ4n) is 3.10. The van der Waals surface area contributed by atoms with Gasteiger partial charge in [-0.15, -0.1) is 0 Å². The van der Waals surface area contributed by atoms with Crippen LogP contribution in [0.2, 0.25) is 0 Å². The van der Waals surface area contributed by atoms with Gasteiger partial charge in [0.2, 0.25) is 5.76 Å². The zero-order chi connectivity index (χ0) is 19.2. The van der Waals surface area contributed by atoms with Crippen LogP contribution in [0.15, 0.2) is 41.1 Å². The molecule has 27 heavy (non-hydrogen) atoms. The summed E-state index contributed by atoms with van der Waals surface area (Å²) < 4.78 is 11.6. The van der Waals surface area contributed by atoms with Gasteiger partial charge in [0.1, 0.15) is 11.3 Å². The summed E-state index contributed by atoms with van der Waals surface area (Å²) in [4.78, 5) is 15.5. The van der Waals surface area contributed by atoms with Gasteiger partial charge in [0.05, 0.1) is 12.0 Å². The molecule has 1 aromatic carbocycles. The standard InChI is InChI=1S/C21H24N2O4/c1-3-16-7-8-17-18(14(2)19(27-17)21(24)25)20(16)26-11-5-10-23-13-15-6-4-9-22-12-15/h4,6-9,12,23H,3,5,10-11,13H2,1-2H3,(H,24,25). The van der Waals surface area contributed by atoms with Crippen molar-refractivity contribution >= 4 is 16.9 Å². The van der Waals surface area contributed by atoms with Crippen LogP contribution >= 0.6 is 0 Å². The molecule has 6 heteroatoms. The van der Waals surface area contributed by atoms with Crippen LogP contribution in [-0.4, -0.2) is 29.2 Å². The second-order valence-corrected chi connectivity index (χ2v) is 6.38. The number of fused-ring (bicyclic) bond motifs is 1. The quantitative estimate of drug-likeness (QED) is 0.556. The molecule has 0 radical (unpaired) electrons. The van der Waals surface area contributed by atoms with E-state index in [1.165, 1.54) is 0 Å². The molecule has 2 heterocycles. The lowest BCUT2D eigenvalue weighted by Crippen LogP contribution is -2.17. The van der Waals surface area contributed by atoms with E-state index in [1.54, 1.807) is 13.1 Å². The van der Waals surface area contributed by atoms with Crippen LogP contribution < -0.4 is 10.1 Å². The van der Waals surface area contributed by atoms with E-state index in [0.717, 1.165) is 48.2 Å². The predicted molar refractivity (Wildman–Crippen MR) is 103 cm³/mol. The monoisotopic (exact) mass is 368 g/mol. The second-order valence-electron chi connectivity index (χ2n) is 6.38. The molecule has 3 aromatic rings. The number of rotatable bonds is 9. The van der Waals surface area contributed by atoms with Gasteiger partial charge in [-0.05, 0) is 49.6 Å². The van der Waals surface area contributed by atoms with E-state index in [4.69, 9.17) is 9.15 Å². The number of benzene rings is 1. The first-order valence-electron chi connectivity index (χ1n) is 9.12. The van der Waals surface area contributed by atoms with E-state index in [2.05, 4.69) is 17.2 Å². The Bertz CT molecular complexity index is 919. The summed E-state index contributed by atoms with van der Waals surface area (Å²) in [7, 11) is 0. The van der Waals surface area contributed by atoms with Crippen molar-refractivity contribution in [3.05, 3.63) is 59.1 Å². The summed E-state index contributed by atoms with van der Waals surface area (Å²) in [6.45, 7) is 5.94. The van der Waals surface area contributed by atoms with Gasteiger partial charge >= 0.3 is 5.97 Å². The highest BCUT2D eigenvalue weighted by Gasteiger charge is 2.21. The Hall–Kier alpha value is -2.86. The molecule has 0 spiro atoms. The molecule has 0 atom stereocenters. The normalized spacial score (nSPS) is 11.0. The number of furan rings is 1. The number of aryl methyl sites for hydroxylation is 2. The lowest BCUT2D eigenvalue weighted by Gasteiger charge is -2.12. The Morgan fingerprint density at radius 1 is 1.33 bits per heavy atom. The molecule has 142 valence electrons. The van der Waals surface area contributed by atoms with Crippen molar-refractivity contribution in [1.82, 2.24) is 10.3 Å². The predicted octanol–water partition coefficient (Wildman–Crippen LogP) is 3.96. The van der Waals surface area contributed by atoms with Gasteiger partial charge in [-0.2, -0.15) is 0 Å². The topological polar surface area (TPSA) is 84.6 Å². The van der Waals surface area contributed by atoms with Gasteiger partial charge in [-0.1, -0.05) is 19.1 Å². The minimum absolute atomic E-state index is 0.0266. The minimum atomic E-state index is -1.06. The fourth-order valence-corrected chi connectivity index (χ4v) is 3.10. The zero-order valence-electron chi connectivity index (χ0n) is 15.6. The first-order valence-corrected chi connectivity index (χ1v) is 9.12. The van der Waals surface area contributed by atoms with E-state index in [1.807, 2.05) is 30.5 Å². The molecule has 0 fully saturated rings. The van der Waals surface area contributed by atoms with Gasteiger partial charge in [0.15, 0.2) is 0 Å².